The van der Waals surface area contributed by atoms with Crippen LogP contribution >= 0.6 is 11.8 Å². The third-order valence-corrected chi connectivity index (χ3v) is 4.65. The third-order valence-electron chi connectivity index (χ3n) is 3.69. The second-order valence-corrected chi connectivity index (χ2v) is 6.37. The molecule has 104 valence electrons. The van der Waals surface area contributed by atoms with Crippen LogP contribution in [0.25, 0.3) is 0 Å². The third kappa shape index (κ3) is 2.28. The summed E-state index contributed by atoms with van der Waals surface area (Å²) in [6, 6.07) is 4.14. The molecule has 4 rings (SSSR count). The van der Waals surface area contributed by atoms with Crippen LogP contribution in [0.1, 0.15) is 59.8 Å². The van der Waals surface area contributed by atoms with Crippen molar-refractivity contribution >= 4 is 18.0 Å². The normalized spacial score (nSPS) is 18.4. The minimum Gasteiger partial charge on any atom is -0.457 e. The van der Waals surface area contributed by atoms with Crippen LogP contribution in [0.2, 0.25) is 0 Å². The maximum atomic E-state index is 10.6. The molecule has 2 aliphatic rings. The van der Waals surface area contributed by atoms with Crippen LogP contribution in [0.4, 0.5) is 0 Å². The molecular formula is C14H15N3O2S. The molecule has 6 heteroatoms. The molecule has 0 radical (unpaired) electrons. The monoisotopic (exact) mass is 289 g/mol. The summed E-state index contributed by atoms with van der Waals surface area (Å²) in [6.07, 6.45) is 5.70. The van der Waals surface area contributed by atoms with E-state index in [0.29, 0.717) is 23.5 Å². The van der Waals surface area contributed by atoms with E-state index in [-0.39, 0.29) is 0 Å². The first kappa shape index (κ1) is 12.2. The zero-order valence-corrected chi connectivity index (χ0v) is 11.8. The van der Waals surface area contributed by atoms with Crippen LogP contribution < -0.4 is 0 Å². The molecule has 5 nitrogen and oxygen atoms in total. The van der Waals surface area contributed by atoms with Gasteiger partial charge >= 0.3 is 0 Å². The molecule has 2 heterocycles. The lowest BCUT2D eigenvalue weighted by Crippen LogP contribution is -2.01. The number of carbonyl (C=O) groups is 1. The van der Waals surface area contributed by atoms with Crippen molar-refractivity contribution in [3.05, 3.63) is 29.5 Å². The highest BCUT2D eigenvalue weighted by atomic mass is 32.2. The number of aromatic nitrogens is 3. The van der Waals surface area contributed by atoms with Gasteiger partial charge in [0.2, 0.25) is 0 Å². The largest absolute Gasteiger partial charge is 0.457 e. The van der Waals surface area contributed by atoms with Crippen molar-refractivity contribution < 1.29 is 9.21 Å². The van der Waals surface area contributed by atoms with Gasteiger partial charge in [-0.05, 0) is 37.8 Å². The molecule has 0 spiro atoms. The number of thioether (sulfide) groups is 1. The molecule has 2 aromatic rings. The summed E-state index contributed by atoms with van der Waals surface area (Å²) >= 11 is 1.64. The number of aldehydes is 1. The molecule has 0 saturated heterocycles. The van der Waals surface area contributed by atoms with Gasteiger partial charge < -0.3 is 8.98 Å². The van der Waals surface area contributed by atoms with Gasteiger partial charge in [0, 0.05) is 12.0 Å². The Morgan fingerprint density at radius 1 is 1.30 bits per heavy atom. The Morgan fingerprint density at radius 2 is 2.15 bits per heavy atom. The van der Waals surface area contributed by atoms with E-state index in [9.17, 15) is 4.79 Å². The number of nitrogens with zero attached hydrogens (tertiary/aromatic N) is 3. The predicted molar refractivity (Wildman–Crippen MR) is 73.9 cm³/mol. The Hall–Kier alpha value is -1.56. The quantitative estimate of drug-likeness (QED) is 0.603. The molecule has 0 unspecified atom stereocenters. The SMILES string of the molecule is O=Cc1ccc(CSc2nnc(C3CC3)n2C2CC2)o1. The summed E-state index contributed by atoms with van der Waals surface area (Å²) in [6.45, 7) is 0. The number of hydrogen-bond acceptors (Lipinski definition) is 5. The fourth-order valence-corrected chi connectivity index (χ4v) is 3.26. The summed E-state index contributed by atoms with van der Waals surface area (Å²) in [5.41, 5.74) is 0. The molecular weight excluding hydrogens is 274 g/mol. The molecule has 0 bridgehead atoms. The molecule has 20 heavy (non-hydrogen) atoms. The van der Waals surface area contributed by atoms with Gasteiger partial charge in [0.1, 0.15) is 11.6 Å². The zero-order chi connectivity index (χ0) is 13.5. The Labute approximate surface area is 120 Å². The number of rotatable bonds is 6. The first-order valence-corrected chi connectivity index (χ1v) is 7.95. The van der Waals surface area contributed by atoms with E-state index in [0.717, 1.165) is 17.2 Å². The highest BCUT2D eigenvalue weighted by Crippen LogP contribution is 2.46. The Morgan fingerprint density at radius 3 is 2.80 bits per heavy atom. The van der Waals surface area contributed by atoms with Gasteiger partial charge in [-0.3, -0.25) is 4.79 Å². The number of furan rings is 1. The summed E-state index contributed by atoms with van der Waals surface area (Å²) in [5.74, 6) is 3.66. The lowest BCUT2D eigenvalue weighted by molar-refractivity contribution is 0.109. The standard InChI is InChI=1S/C14H15N3O2S/c18-7-11-5-6-12(19-11)8-20-14-16-15-13(9-1-2-9)17(14)10-3-4-10/h5-7,9-10H,1-4,8H2. The number of carbonyl (C=O) groups excluding carboxylic acids is 1. The van der Waals surface area contributed by atoms with Crippen LogP contribution in [0.15, 0.2) is 21.7 Å². The van der Waals surface area contributed by atoms with Crippen LogP contribution in [-0.2, 0) is 5.75 Å². The van der Waals surface area contributed by atoms with Crippen LogP contribution in [0, 0.1) is 0 Å². The molecule has 2 saturated carbocycles. The van der Waals surface area contributed by atoms with Crippen molar-refractivity contribution in [1.29, 1.82) is 0 Å². The van der Waals surface area contributed by atoms with Crippen molar-refractivity contribution in [2.45, 2.75) is 48.6 Å². The minimum atomic E-state index is 0.378. The van der Waals surface area contributed by atoms with E-state index in [1.807, 2.05) is 6.07 Å². The molecule has 0 atom stereocenters. The molecule has 2 aromatic heterocycles. The van der Waals surface area contributed by atoms with Crippen LogP contribution in [0.5, 0.6) is 0 Å². The van der Waals surface area contributed by atoms with Crippen LogP contribution in [-0.4, -0.2) is 21.1 Å². The van der Waals surface area contributed by atoms with Gasteiger partial charge in [-0.2, -0.15) is 0 Å². The average Bonchev–Trinajstić information content (AvgIpc) is 3.39. The fraction of sp³-hybridized carbons (Fsp3) is 0.500. The summed E-state index contributed by atoms with van der Waals surface area (Å²) < 4.78 is 7.72. The number of hydrogen-bond donors (Lipinski definition) is 0. The van der Waals surface area contributed by atoms with E-state index < -0.39 is 0 Å². The smallest absolute Gasteiger partial charge is 0.191 e. The van der Waals surface area contributed by atoms with Gasteiger partial charge in [0.25, 0.3) is 0 Å². The highest BCUT2D eigenvalue weighted by Gasteiger charge is 2.36. The van der Waals surface area contributed by atoms with Gasteiger partial charge in [-0.15, -0.1) is 10.2 Å². The van der Waals surface area contributed by atoms with Gasteiger partial charge in [-0.1, -0.05) is 11.8 Å². The second kappa shape index (κ2) is 4.77. The van der Waals surface area contributed by atoms with Crippen molar-refractivity contribution in [2.24, 2.45) is 0 Å². The Bertz CT molecular complexity index is 641. The van der Waals surface area contributed by atoms with E-state index in [1.165, 1.54) is 31.5 Å². The van der Waals surface area contributed by atoms with Crippen molar-refractivity contribution in [2.75, 3.05) is 0 Å². The van der Waals surface area contributed by atoms with Crippen molar-refractivity contribution in [3.63, 3.8) is 0 Å². The summed E-state index contributed by atoms with van der Waals surface area (Å²) in [4.78, 5) is 10.6. The van der Waals surface area contributed by atoms with E-state index in [2.05, 4.69) is 14.8 Å². The van der Waals surface area contributed by atoms with Gasteiger partial charge in [0.15, 0.2) is 17.2 Å². The summed E-state index contributed by atoms with van der Waals surface area (Å²) in [5, 5.41) is 9.71. The van der Waals surface area contributed by atoms with E-state index in [1.54, 1.807) is 17.8 Å². The minimum absolute atomic E-state index is 0.378. The first-order chi connectivity index (χ1) is 9.85. The predicted octanol–water partition coefficient (Wildman–Crippen LogP) is 3.19. The fourth-order valence-electron chi connectivity index (χ4n) is 2.35. The molecule has 2 aliphatic carbocycles. The lowest BCUT2D eigenvalue weighted by atomic mass is 10.4. The van der Waals surface area contributed by atoms with Crippen LogP contribution in [0.3, 0.4) is 0 Å². The molecule has 0 aromatic carbocycles. The topological polar surface area (TPSA) is 60.9 Å². The van der Waals surface area contributed by atoms with Gasteiger partial charge in [-0.25, -0.2) is 0 Å². The van der Waals surface area contributed by atoms with Crippen molar-refractivity contribution in [3.8, 4) is 0 Å². The highest BCUT2D eigenvalue weighted by molar-refractivity contribution is 7.98. The maximum absolute atomic E-state index is 10.6. The molecule has 0 aliphatic heterocycles. The van der Waals surface area contributed by atoms with E-state index in [4.69, 9.17) is 4.42 Å². The molecule has 0 amide bonds. The molecule has 2 fully saturated rings. The second-order valence-electron chi connectivity index (χ2n) is 5.43. The Balaban J connectivity index is 1.51. The van der Waals surface area contributed by atoms with Gasteiger partial charge in [0.05, 0.1) is 5.75 Å². The molecule has 0 N–H and O–H groups in total. The average molecular weight is 289 g/mol. The summed E-state index contributed by atoms with van der Waals surface area (Å²) in [7, 11) is 0. The lowest BCUT2D eigenvalue weighted by Gasteiger charge is -2.07. The maximum Gasteiger partial charge on any atom is 0.191 e. The van der Waals surface area contributed by atoms with Crippen molar-refractivity contribution in [1.82, 2.24) is 14.8 Å². The zero-order valence-electron chi connectivity index (χ0n) is 11.0. The first-order valence-electron chi connectivity index (χ1n) is 6.96. The van der Waals surface area contributed by atoms with E-state index >= 15 is 0 Å². The Kier molecular flexibility index (Phi) is 2.91.